The quantitative estimate of drug-likeness (QED) is 0.473. The zero-order valence-corrected chi connectivity index (χ0v) is 9.32. The van der Waals surface area contributed by atoms with Gasteiger partial charge in [-0.05, 0) is 12.2 Å². The highest BCUT2D eigenvalue weighted by molar-refractivity contribution is 7.99. The number of methoxy groups -OCH3 is 1. The highest BCUT2D eigenvalue weighted by Gasteiger charge is 2.00. The van der Waals surface area contributed by atoms with Crippen molar-refractivity contribution in [1.82, 2.24) is 5.32 Å². The summed E-state index contributed by atoms with van der Waals surface area (Å²) in [6.07, 6.45) is 6.24. The van der Waals surface area contributed by atoms with Crippen molar-refractivity contribution < 1.29 is 4.74 Å². The first kappa shape index (κ1) is 12.8. The average molecular weight is 201 g/mol. The molecule has 1 N–H and O–H groups in total. The third kappa shape index (κ3) is 9.75. The zero-order chi connectivity index (χ0) is 9.94. The van der Waals surface area contributed by atoms with Crippen LogP contribution in [0.3, 0.4) is 0 Å². The molecule has 0 saturated carbocycles. The SMILES string of the molecule is C#CCNCC(C)SCCCOC. The van der Waals surface area contributed by atoms with Crippen LogP contribution in [-0.4, -0.2) is 37.8 Å². The number of rotatable bonds is 8. The Morgan fingerprint density at radius 2 is 2.38 bits per heavy atom. The molecular formula is C10H19NOS. The van der Waals surface area contributed by atoms with Crippen molar-refractivity contribution in [2.45, 2.75) is 18.6 Å². The van der Waals surface area contributed by atoms with Crippen LogP contribution >= 0.6 is 11.8 Å². The molecule has 0 aromatic rings. The predicted molar refractivity (Wildman–Crippen MR) is 60.1 cm³/mol. The normalized spacial score (nSPS) is 12.4. The minimum Gasteiger partial charge on any atom is -0.385 e. The second kappa shape index (κ2) is 9.91. The van der Waals surface area contributed by atoms with E-state index >= 15 is 0 Å². The number of hydrogen-bond acceptors (Lipinski definition) is 3. The second-order valence-corrected chi connectivity index (χ2v) is 4.41. The molecule has 2 nitrogen and oxygen atoms in total. The van der Waals surface area contributed by atoms with Crippen LogP contribution in [0.25, 0.3) is 0 Å². The van der Waals surface area contributed by atoms with Gasteiger partial charge in [0.1, 0.15) is 0 Å². The third-order valence-corrected chi connectivity index (χ3v) is 2.81. The van der Waals surface area contributed by atoms with Gasteiger partial charge in [0.15, 0.2) is 0 Å². The molecule has 0 amide bonds. The van der Waals surface area contributed by atoms with Crippen molar-refractivity contribution in [3.8, 4) is 12.3 Å². The van der Waals surface area contributed by atoms with E-state index in [0.29, 0.717) is 11.8 Å². The Bertz CT molecular complexity index is 144. The Labute approximate surface area is 85.8 Å². The Morgan fingerprint density at radius 1 is 1.62 bits per heavy atom. The molecule has 3 heteroatoms. The number of ether oxygens (including phenoxy) is 1. The second-order valence-electron chi connectivity index (χ2n) is 2.86. The predicted octanol–water partition coefficient (Wildman–Crippen LogP) is 1.37. The lowest BCUT2D eigenvalue weighted by atomic mass is 10.4. The minimum absolute atomic E-state index is 0.630. The van der Waals surface area contributed by atoms with E-state index in [0.717, 1.165) is 25.3 Å². The van der Waals surface area contributed by atoms with Gasteiger partial charge in [0.2, 0.25) is 0 Å². The number of nitrogens with one attached hydrogen (secondary N) is 1. The van der Waals surface area contributed by atoms with E-state index in [1.807, 2.05) is 11.8 Å². The molecule has 76 valence electrons. The molecule has 0 heterocycles. The van der Waals surface area contributed by atoms with Gasteiger partial charge in [0, 0.05) is 25.5 Å². The first-order chi connectivity index (χ1) is 6.31. The lowest BCUT2D eigenvalue weighted by Gasteiger charge is -2.10. The topological polar surface area (TPSA) is 21.3 Å². The van der Waals surface area contributed by atoms with Crippen LogP contribution in [-0.2, 0) is 4.74 Å². The molecule has 0 saturated heterocycles. The summed E-state index contributed by atoms with van der Waals surface area (Å²) in [5.74, 6) is 3.72. The maximum Gasteiger partial charge on any atom is 0.0574 e. The van der Waals surface area contributed by atoms with Crippen LogP contribution in [0.2, 0.25) is 0 Å². The molecule has 0 fully saturated rings. The van der Waals surface area contributed by atoms with Crippen molar-refractivity contribution in [1.29, 1.82) is 0 Å². The van der Waals surface area contributed by atoms with Gasteiger partial charge in [-0.25, -0.2) is 0 Å². The Kier molecular flexibility index (Phi) is 9.78. The standard InChI is InChI=1S/C10H19NOS/c1-4-6-11-9-10(2)13-8-5-7-12-3/h1,10-11H,5-9H2,2-3H3. The van der Waals surface area contributed by atoms with Gasteiger partial charge in [0.05, 0.1) is 6.54 Å². The molecule has 0 bridgehead atoms. The largest absolute Gasteiger partial charge is 0.385 e. The van der Waals surface area contributed by atoms with Crippen LogP contribution in [0.15, 0.2) is 0 Å². The zero-order valence-electron chi connectivity index (χ0n) is 8.51. The average Bonchev–Trinajstić information content (AvgIpc) is 2.13. The minimum atomic E-state index is 0.630. The van der Waals surface area contributed by atoms with Gasteiger partial charge >= 0.3 is 0 Å². The van der Waals surface area contributed by atoms with Crippen molar-refractivity contribution >= 4 is 11.8 Å². The van der Waals surface area contributed by atoms with E-state index in [1.165, 1.54) is 0 Å². The maximum atomic E-state index is 5.12. The van der Waals surface area contributed by atoms with E-state index < -0.39 is 0 Å². The first-order valence-corrected chi connectivity index (χ1v) is 5.60. The molecule has 0 rings (SSSR count). The summed E-state index contributed by atoms with van der Waals surface area (Å²) in [7, 11) is 1.74. The van der Waals surface area contributed by atoms with Gasteiger partial charge < -0.3 is 10.1 Å². The molecule has 0 spiro atoms. The third-order valence-electron chi connectivity index (χ3n) is 1.55. The fourth-order valence-electron chi connectivity index (χ4n) is 0.894. The highest BCUT2D eigenvalue weighted by Crippen LogP contribution is 2.10. The maximum absolute atomic E-state index is 5.12. The van der Waals surface area contributed by atoms with Crippen LogP contribution in [0, 0.1) is 12.3 Å². The Morgan fingerprint density at radius 3 is 3.00 bits per heavy atom. The van der Waals surface area contributed by atoms with Gasteiger partial charge in [-0.1, -0.05) is 12.8 Å². The van der Waals surface area contributed by atoms with Crippen LogP contribution < -0.4 is 5.32 Å². The fraction of sp³-hybridized carbons (Fsp3) is 0.800. The molecular weight excluding hydrogens is 182 g/mol. The van der Waals surface area contributed by atoms with Crippen LogP contribution in [0.5, 0.6) is 0 Å². The summed E-state index contributed by atoms with van der Waals surface area (Å²) in [6.45, 7) is 4.73. The van der Waals surface area contributed by atoms with Gasteiger partial charge in [-0.2, -0.15) is 11.8 Å². The molecule has 1 atom stereocenters. The Hall–Kier alpha value is -0.170. The summed E-state index contributed by atoms with van der Waals surface area (Å²) in [5.41, 5.74) is 0. The van der Waals surface area contributed by atoms with E-state index in [9.17, 15) is 0 Å². The van der Waals surface area contributed by atoms with Gasteiger partial charge in [0.25, 0.3) is 0 Å². The van der Waals surface area contributed by atoms with E-state index in [1.54, 1.807) is 7.11 Å². The lowest BCUT2D eigenvalue weighted by molar-refractivity contribution is 0.200. The van der Waals surface area contributed by atoms with Gasteiger partial charge in [-0.15, -0.1) is 6.42 Å². The summed E-state index contributed by atoms with van der Waals surface area (Å²) < 4.78 is 4.97. The molecule has 0 aliphatic carbocycles. The lowest BCUT2D eigenvalue weighted by Crippen LogP contribution is -2.23. The Balaban J connectivity index is 3.11. The summed E-state index contributed by atoms with van der Waals surface area (Å²) in [5, 5.41) is 3.82. The molecule has 13 heavy (non-hydrogen) atoms. The number of hydrogen-bond donors (Lipinski definition) is 1. The van der Waals surface area contributed by atoms with E-state index in [2.05, 4.69) is 18.2 Å². The van der Waals surface area contributed by atoms with E-state index in [-0.39, 0.29) is 0 Å². The van der Waals surface area contributed by atoms with Crippen molar-refractivity contribution in [3.05, 3.63) is 0 Å². The van der Waals surface area contributed by atoms with Crippen molar-refractivity contribution in [3.63, 3.8) is 0 Å². The smallest absolute Gasteiger partial charge is 0.0574 e. The summed E-state index contributed by atoms with van der Waals surface area (Å²) in [6, 6.07) is 0. The highest BCUT2D eigenvalue weighted by atomic mass is 32.2. The van der Waals surface area contributed by atoms with Crippen molar-refractivity contribution in [2.75, 3.05) is 32.6 Å². The molecule has 0 aliphatic rings. The van der Waals surface area contributed by atoms with Gasteiger partial charge in [-0.3, -0.25) is 0 Å². The molecule has 0 aromatic heterocycles. The van der Waals surface area contributed by atoms with E-state index in [4.69, 9.17) is 11.2 Å². The molecule has 0 aromatic carbocycles. The van der Waals surface area contributed by atoms with Crippen LogP contribution in [0.1, 0.15) is 13.3 Å². The molecule has 1 unspecified atom stereocenters. The van der Waals surface area contributed by atoms with Crippen LogP contribution in [0.4, 0.5) is 0 Å². The van der Waals surface area contributed by atoms with Crippen molar-refractivity contribution in [2.24, 2.45) is 0 Å². The monoisotopic (exact) mass is 201 g/mol. The number of thioether (sulfide) groups is 1. The molecule has 0 radical (unpaired) electrons. The first-order valence-electron chi connectivity index (χ1n) is 4.56. The fourth-order valence-corrected chi connectivity index (χ4v) is 1.82. The number of terminal acetylenes is 1. The summed E-state index contributed by atoms with van der Waals surface area (Å²) in [4.78, 5) is 0. The molecule has 0 aliphatic heterocycles. The summed E-state index contributed by atoms with van der Waals surface area (Å²) >= 11 is 1.96.